The maximum atomic E-state index is 13.1. The van der Waals surface area contributed by atoms with Crippen LogP contribution >= 0.6 is 0 Å². The van der Waals surface area contributed by atoms with E-state index in [4.69, 9.17) is 4.52 Å². The fourth-order valence-electron chi connectivity index (χ4n) is 3.58. The van der Waals surface area contributed by atoms with Gasteiger partial charge in [0.1, 0.15) is 17.3 Å². The number of aromatic nitrogens is 5. The summed E-state index contributed by atoms with van der Waals surface area (Å²) in [6.07, 6.45) is 7.71. The minimum atomic E-state index is -0.396. The molecule has 0 aliphatic carbocycles. The molecule has 0 spiro atoms. The molecule has 5 heterocycles. The third-order valence-electron chi connectivity index (χ3n) is 5.00. The molecule has 0 unspecified atom stereocenters. The van der Waals surface area contributed by atoms with E-state index in [1.165, 1.54) is 10.6 Å². The second-order valence-electron chi connectivity index (χ2n) is 6.76. The molecule has 1 aliphatic heterocycles. The summed E-state index contributed by atoms with van der Waals surface area (Å²) in [6, 6.07) is 8.47. The summed E-state index contributed by atoms with van der Waals surface area (Å²) in [5.41, 5.74) is 0.848. The standard InChI is InChI=1S/C20H16N6O3/c27-19(14-12-22-16-7-1-2-9-26(16)20(14)28)25-10-4-6-15(25)18-23-17(24-29-18)13-5-3-8-21-11-13/h1-3,5,7-9,11-12,15H,4,6,10H2/t15-/m0/s1. The second kappa shape index (κ2) is 6.93. The van der Waals surface area contributed by atoms with Crippen molar-refractivity contribution in [1.29, 1.82) is 0 Å². The van der Waals surface area contributed by atoms with Crippen molar-refractivity contribution in [3.05, 3.63) is 76.9 Å². The molecule has 5 rings (SSSR count). The maximum absolute atomic E-state index is 13.1. The van der Waals surface area contributed by atoms with Crippen molar-refractivity contribution in [2.24, 2.45) is 0 Å². The van der Waals surface area contributed by atoms with E-state index in [2.05, 4.69) is 20.1 Å². The molecule has 4 aromatic heterocycles. The number of fused-ring (bicyclic) bond motifs is 1. The summed E-state index contributed by atoms with van der Waals surface area (Å²) >= 11 is 0. The zero-order valence-electron chi connectivity index (χ0n) is 15.3. The first-order valence-electron chi connectivity index (χ1n) is 9.24. The van der Waals surface area contributed by atoms with Gasteiger partial charge in [0, 0.05) is 36.9 Å². The summed E-state index contributed by atoms with van der Waals surface area (Å²) in [5.74, 6) is 0.382. The summed E-state index contributed by atoms with van der Waals surface area (Å²) in [7, 11) is 0. The summed E-state index contributed by atoms with van der Waals surface area (Å²) < 4.78 is 6.80. The van der Waals surface area contributed by atoms with Crippen LogP contribution in [0.3, 0.4) is 0 Å². The first-order valence-corrected chi connectivity index (χ1v) is 9.24. The van der Waals surface area contributed by atoms with E-state index in [9.17, 15) is 9.59 Å². The lowest BCUT2D eigenvalue weighted by Crippen LogP contribution is -2.35. The predicted octanol–water partition coefficient (Wildman–Crippen LogP) is 2.12. The van der Waals surface area contributed by atoms with Gasteiger partial charge in [-0.25, -0.2) is 4.98 Å². The molecule has 144 valence electrons. The van der Waals surface area contributed by atoms with Gasteiger partial charge in [-0.2, -0.15) is 4.98 Å². The Labute approximate surface area is 164 Å². The van der Waals surface area contributed by atoms with Crippen molar-refractivity contribution in [3.8, 4) is 11.4 Å². The minimum absolute atomic E-state index is 0.0209. The third kappa shape index (κ3) is 2.96. The van der Waals surface area contributed by atoms with Gasteiger partial charge in [0.15, 0.2) is 0 Å². The topological polar surface area (TPSA) is 106 Å². The quantitative estimate of drug-likeness (QED) is 0.529. The van der Waals surface area contributed by atoms with Gasteiger partial charge < -0.3 is 9.42 Å². The molecule has 1 aliphatic rings. The maximum Gasteiger partial charge on any atom is 0.270 e. The first kappa shape index (κ1) is 17.2. The van der Waals surface area contributed by atoms with Crippen LogP contribution in [-0.2, 0) is 0 Å². The van der Waals surface area contributed by atoms with Crippen LogP contribution in [-0.4, -0.2) is 41.9 Å². The van der Waals surface area contributed by atoms with Gasteiger partial charge in [-0.3, -0.25) is 19.0 Å². The number of pyridine rings is 2. The lowest BCUT2D eigenvalue weighted by molar-refractivity contribution is 0.0707. The number of amides is 1. The number of likely N-dealkylation sites (tertiary alicyclic amines) is 1. The molecule has 0 saturated carbocycles. The van der Waals surface area contributed by atoms with Crippen molar-refractivity contribution in [2.75, 3.05) is 6.54 Å². The smallest absolute Gasteiger partial charge is 0.270 e. The Bertz CT molecular complexity index is 1250. The van der Waals surface area contributed by atoms with Crippen LogP contribution in [0.1, 0.15) is 35.1 Å². The molecular weight excluding hydrogens is 372 g/mol. The van der Waals surface area contributed by atoms with Crippen LogP contribution in [0, 0.1) is 0 Å². The van der Waals surface area contributed by atoms with E-state index in [0.29, 0.717) is 30.3 Å². The SMILES string of the molecule is O=C(c1cnc2ccccn2c1=O)N1CCC[C@H]1c1nc(-c2cccnc2)no1. The second-order valence-corrected chi connectivity index (χ2v) is 6.76. The number of rotatable bonds is 3. The Morgan fingerprint density at radius 3 is 2.97 bits per heavy atom. The zero-order valence-corrected chi connectivity index (χ0v) is 15.3. The minimum Gasteiger partial charge on any atom is -0.337 e. The van der Waals surface area contributed by atoms with Crippen LogP contribution in [0.2, 0.25) is 0 Å². The van der Waals surface area contributed by atoms with Gasteiger partial charge in [0.25, 0.3) is 11.5 Å². The monoisotopic (exact) mass is 388 g/mol. The molecule has 1 saturated heterocycles. The summed E-state index contributed by atoms with van der Waals surface area (Å²) in [4.78, 5) is 40.3. The molecular formula is C20H16N6O3. The van der Waals surface area contributed by atoms with E-state index >= 15 is 0 Å². The fraction of sp³-hybridized carbons (Fsp3) is 0.200. The number of nitrogens with zero attached hydrogens (tertiary/aromatic N) is 6. The van der Waals surface area contributed by atoms with Crippen molar-refractivity contribution < 1.29 is 9.32 Å². The van der Waals surface area contributed by atoms with Gasteiger partial charge in [0.2, 0.25) is 11.7 Å². The van der Waals surface area contributed by atoms with E-state index in [0.717, 1.165) is 12.0 Å². The predicted molar refractivity (Wildman–Crippen MR) is 102 cm³/mol. The van der Waals surface area contributed by atoms with E-state index in [1.807, 2.05) is 6.07 Å². The molecule has 9 nitrogen and oxygen atoms in total. The average Bonchev–Trinajstić information content (AvgIpc) is 3.44. The Morgan fingerprint density at radius 1 is 1.17 bits per heavy atom. The van der Waals surface area contributed by atoms with E-state index in [1.54, 1.807) is 47.8 Å². The fourth-order valence-corrected chi connectivity index (χ4v) is 3.58. The highest BCUT2D eigenvalue weighted by molar-refractivity contribution is 5.94. The van der Waals surface area contributed by atoms with Crippen molar-refractivity contribution in [1.82, 2.24) is 29.4 Å². The van der Waals surface area contributed by atoms with Crippen LogP contribution in [0.4, 0.5) is 0 Å². The number of hydrogen-bond acceptors (Lipinski definition) is 7. The van der Waals surface area contributed by atoms with E-state index < -0.39 is 5.56 Å². The number of carbonyl (C=O) groups excluding carboxylic acids is 1. The van der Waals surface area contributed by atoms with Crippen molar-refractivity contribution >= 4 is 11.6 Å². The lowest BCUT2D eigenvalue weighted by Gasteiger charge is -2.21. The van der Waals surface area contributed by atoms with E-state index in [-0.39, 0.29) is 17.5 Å². The Balaban J connectivity index is 1.47. The largest absolute Gasteiger partial charge is 0.337 e. The van der Waals surface area contributed by atoms with Crippen LogP contribution in [0.5, 0.6) is 0 Å². The molecule has 0 bridgehead atoms. The average molecular weight is 388 g/mol. The highest BCUT2D eigenvalue weighted by Crippen LogP contribution is 2.32. The van der Waals surface area contributed by atoms with Crippen LogP contribution < -0.4 is 5.56 Å². The Hall–Kier alpha value is -3.88. The molecule has 29 heavy (non-hydrogen) atoms. The molecule has 1 fully saturated rings. The van der Waals surface area contributed by atoms with Crippen molar-refractivity contribution in [3.63, 3.8) is 0 Å². The highest BCUT2D eigenvalue weighted by atomic mass is 16.5. The first-order chi connectivity index (χ1) is 14.2. The number of hydrogen-bond donors (Lipinski definition) is 0. The van der Waals surface area contributed by atoms with Crippen molar-refractivity contribution in [2.45, 2.75) is 18.9 Å². The highest BCUT2D eigenvalue weighted by Gasteiger charge is 2.35. The molecule has 0 aromatic carbocycles. The van der Waals surface area contributed by atoms with Gasteiger partial charge in [-0.1, -0.05) is 11.2 Å². The Morgan fingerprint density at radius 2 is 2.10 bits per heavy atom. The summed E-state index contributed by atoms with van der Waals surface area (Å²) in [6.45, 7) is 0.505. The lowest BCUT2D eigenvalue weighted by atomic mass is 10.2. The van der Waals surface area contributed by atoms with Crippen LogP contribution in [0.15, 0.2) is 64.4 Å². The molecule has 1 atom stereocenters. The molecule has 4 aromatic rings. The van der Waals surface area contributed by atoms with Gasteiger partial charge >= 0.3 is 0 Å². The number of carbonyl (C=O) groups is 1. The molecule has 0 radical (unpaired) electrons. The Kier molecular flexibility index (Phi) is 4.12. The molecule has 0 N–H and O–H groups in total. The third-order valence-corrected chi connectivity index (χ3v) is 5.00. The zero-order chi connectivity index (χ0) is 19.8. The van der Waals surface area contributed by atoms with Gasteiger partial charge in [0.05, 0.1) is 0 Å². The normalized spacial score (nSPS) is 16.4. The molecule has 9 heteroatoms. The summed E-state index contributed by atoms with van der Waals surface area (Å²) in [5, 5.41) is 4.01. The van der Waals surface area contributed by atoms with Gasteiger partial charge in [-0.15, -0.1) is 0 Å². The molecule has 1 amide bonds. The van der Waals surface area contributed by atoms with Gasteiger partial charge in [-0.05, 0) is 37.1 Å². The van der Waals surface area contributed by atoms with Crippen LogP contribution in [0.25, 0.3) is 17.0 Å².